The summed E-state index contributed by atoms with van der Waals surface area (Å²) in [4.78, 5) is 11.8. The van der Waals surface area contributed by atoms with E-state index in [-0.39, 0.29) is 0 Å². The highest BCUT2D eigenvalue weighted by Gasteiger charge is 2.18. The van der Waals surface area contributed by atoms with Gasteiger partial charge in [0, 0.05) is 0 Å². The molecule has 0 spiro atoms. The van der Waals surface area contributed by atoms with Crippen LogP contribution in [0.15, 0.2) is 23.1 Å². The number of hydrogen-bond donors (Lipinski definition) is 1. The molecule has 2 rings (SSSR count). The predicted molar refractivity (Wildman–Crippen MR) is 53.8 cm³/mol. The minimum absolute atomic E-state index is 0.477. The van der Waals surface area contributed by atoms with Crippen molar-refractivity contribution in [2.45, 2.75) is 17.7 Å². The number of hydrogen-bond acceptors (Lipinski definition) is 3. The molecule has 1 aliphatic rings. The van der Waals surface area contributed by atoms with Crippen LogP contribution >= 0.6 is 11.8 Å². The second-order valence-electron chi connectivity index (χ2n) is 3.17. The molecule has 3 nitrogen and oxygen atoms in total. The lowest BCUT2D eigenvalue weighted by molar-refractivity contribution is -0.138. The third kappa shape index (κ3) is 1.57. The van der Waals surface area contributed by atoms with Crippen molar-refractivity contribution in [3.8, 4) is 5.75 Å². The maximum absolute atomic E-state index is 10.8. The zero-order chi connectivity index (χ0) is 10.1. The highest BCUT2D eigenvalue weighted by Crippen LogP contribution is 2.37. The molecule has 0 aliphatic carbocycles. The lowest BCUT2D eigenvalue weighted by atomic mass is 10.0. The zero-order valence-electron chi connectivity index (χ0n) is 7.69. The Labute approximate surface area is 86.1 Å². The number of rotatable bonds is 2. The summed E-state index contributed by atoms with van der Waals surface area (Å²) in [5.41, 5.74) is 0.791. The van der Waals surface area contributed by atoms with Crippen LogP contribution in [0.3, 0.4) is 0 Å². The van der Waals surface area contributed by atoms with E-state index < -0.39 is 11.9 Å². The Balaban J connectivity index is 2.33. The molecule has 1 aromatic rings. The van der Waals surface area contributed by atoms with Gasteiger partial charge in [0.1, 0.15) is 11.7 Å². The highest BCUT2D eigenvalue weighted by atomic mass is 32.2. The van der Waals surface area contributed by atoms with Gasteiger partial charge in [-0.1, -0.05) is 17.8 Å². The second-order valence-corrected chi connectivity index (χ2v) is 4.14. The predicted octanol–water partition coefficient (Wildman–Crippen LogP) is 2.32. The van der Waals surface area contributed by atoms with Gasteiger partial charge in [-0.05, 0) is 24.6 Å². The first-order valence-electron chi connectivity index (χ1n) is 4.31. The number of benzene rings is 1. The average Bonchev–Trinajstić information content (AvgIpc) is 2.62. The molecule has 0 saturated carbocycles. The summed E-state index contributed by atoms with van der Waals surface area (Å²) in [5.74, 6) is 0.144. The van der Waals surface area contributed by atoms with Gasteiger partial charge in [-0.15, -0.1) is 0 Å². The van der Waals surface area contributed by atoms with Gasteiger partial charge in [0.15, 0.2) is 0 Å². The lowest BCUT2D eigenvalue weighted by Crippen LogP contribution is -2.07. The van der Waals surface area contributed by atoms with Crippen LogP contribution in [0.1, 0.15) is 18.4 Å². The molecular weight excluding hydrogens is 200 g/mol. The van der Waals surface area contributed by atoms with Crippen LogP contribution < -0.4 is 4.74 Å². The fourth-order valence-electron chi connectivity index (χ4n) is 1.33. The quantitative estimate of drug-likeness (QED) is 0.813. The van der Waals surface area contributed by atoms with Gasteiger partial charge in [-0.3, -0.25) is 4.79 Å². The summed E-state index contributed by atoms with van der Waals surface area (Å²) >= 11 is 1.63. The van der Waals surface area contributed by atoms with Crippen molar-refractivity contribution in [3.05, 3.63) is 23.8 Å². The summed E-state index contributed by atoms with van der Waals surface area (Å²) in [5, 5.41) is 8.84. The molecule has 0 aromatic heterocycles. The fraction of sp³-hybridized carbons (Fsp3) is 0.300. The van der Waals surface area contributed by atoms with Gasteiger partial charge >= 0.3 is 5.97 Å². The molecule has 0 amide bonds. The van der Waals surface area contributed by atoms with E-state index in [4.69, 9.17) is 9.84 Å². The van der Waals surface area contributed by atoms with Crippen molar-refractivity contribution in [2.75, 3.05) is 5.94 Å². The monoisotopic (exact) mass is 210 g/mol. The molecule has 1 unspecified atom stereocenters. The van der Waals surface area contributed by atoms with E-state index in [2.05, 4.69) is 0 Å². The molecule has 1 aliphatic heterocycles. The van der Waals surface area contributed by atoms with E-state index >= 15 is 0 Å². The van der Waals surface area contributed by atoms with E-state index in [1.165, 1.54) is 0 Å². The van der Waals surface area contributed by atoms with Crippen molar-refractivity contribution in [1.82, 2.24) is 0 Å². The van der Waals surface area contributed by atoms with Crippen molar-refractivity contribution in [3.63, 3.8) is 0 Å². The molecule has 1 aromatic carbocycles. The standard InChI is InChI=1S/C10H10O3S/c1-6(10(11)12)7-2-3-9-8(4-7)13-5-14-9/h2-4,6H,5H2,1H3,(H,11,12). The summed E-state index contributed by atoms with van der Waals surface area (Å²) in [7, 11) is 0. The Hall–Kier alpha value is -1.16. The molecule has 1 N–H and O–H groups in total. The van der Waals surface area contributed by atoms with Crippen molar-refractivity contribution >= 4 is 17.7 Å². The molecule has 4 heteroatoms. The van der Waals surface area contributed by atoms with Crippen LogP contribution in [0.5, 0.6) is 5.75 Å². The molecule has 1 heterocycles. The Kier molecular flexibility index (Phi) is 2.37. The van der Waals surface area contributed by atoms with E-state index in [1.807, 2.05) is 18.2 Å². The number of carboxylic acids is 1. The van der Waals surface area contributed by atoms with E-state index in [1.54, 1.807) is 18.7 Å². The van der Waals surface area contributed by atoms with Crippen molar-refractivity contribution in [1.29, 1.82) is 0 Å². The van der Waals surface area contributed by atoms with Crippen molar-refractivity contribution < 1.29 is 14.6 Å². The topological polar surface area (TPSA) is 46.5 Å². The van der Waals surface area contributed by atoms with Crippen LogP contribution in [-0.2, 0) is 4.79 Å². The fourth-order valence-corrected chi connectivity index (χ4v) is 2.06. The van der Waals surface area contributed by atoms with Crippen LogP contribution in [0.4, 0.5) is 0 Å². The van der Waals surface area contributed by atoms with E-state index in [0.717, 1.165) is 16.2 Å². The zero-order valence-corrected chi connectivity index (χ0v) is 8.50. The Morgan fingerprint density at radius 3 is 3.14 bits per heavy atom. The third-order valence-electron chi connectivity index (χ3n) is 2.27. The van der Waals surface area contributed by atoms with Gasteiger partial charge in [0.05, 0.1) is 10.8 Å². The summed E-state index contributed by atoms with van der Waals surface area (Å²) < 4.78 is 5.34. The number of carboxylic acid groups (broad SMARTS) is 1. The molecule has 0 radical (unpaired) electrons. The SMILES string of the molecule is CC(C(=O)O)c1ccc2c(c1)OCS2. The third-order valence-corrected chi connectivity index (χ3v) is 3.15. The maximum Gasteiger partial charge on any atom is 0.310 e. The molecule has 0 fully saturated rings. The molecule has 14 heavy (non-hydrogen) atoms. The summed E-state index contributed by atoms with van der Waals surface area (Å²) in [6, 6.07) is 5.58. The molecule has 74 valence electrons. The number of fused-ring (bicyclic) bond motifs is 1. The lowest BCUT2D eigenvalue weighted by Gasteiger charge is -2.07. The first-order chi connectivity index (χ1) is 6.68. The largest absolute Gasteiger partial charge is 0.481 e. The number of carbonyl (C=O) groups is 1. The van der Waals surface area contributed by atoms with Gasteiger partial charge in [-0.25, -0.2) is 0 Å². The molecule has 0 bridgehead atoms. The van der Waals surface area contributed by atoms with Gasteiger partial charge < -0.3 is 9.84 Å². The normalized spacial score (nSPS) is 15.8. The number of thioether (sulfide) groups is 1. The van der Waals surface area contributed by atoms with E-state index in [0.29, 0.717) is 5.94 Å². The Bertz CT molecular complexity index is 376. The minimum atomic E-state index is -0.810. The van der Waals surface area contributed by atoms with Gasteiger partial charge in [0.25, 0.3) is 0 Å². The van der Waals surface area contributed by atoms with Crippen LogP contribution in [0.2, 0.25) is 0 Å². The van der Waals surface area contributed by atoms with Crippen LogP contribution in [-0.4, -0.2) is 17.0 Å². The number of ether oxygens (including phenoxy) is 1. The summed E-state index contributed by atoms with van der Waals surface area (Å²) in [6.45, 7) is 1.67. The van der Waals surface area contributed by atoms with E-state index in [9.17, 15) is 4.79 Å². The number of aliphatic carboxylic acids is 1. The minimum Gasteiger partial charge on any atom is -0.481 e. The summed E-state index contributed by atoms with van der Waals surface area (Å²) in [6.07, 6.45) is 0. The second kappa shape index (κ2) is 3.53. The van der Waals surface area contributed by atoms with Gasteiger partial charge in [0.2, 0.25) is 0 Å². The molecule has 1 atom stereocenters. The van der Waals surface area contributed by atoms with Crippen molar-refractivity contribution in [2.24, 2.45) is 0 Å². The van der Waals surface area contributed by atoms with Crippen LogP contribution in [0, 0.1) is 0 Å². The maximum atomic E-state index is 10.8. The van der Waals surface area contributed by atoms with Gasteiger partial charge in [-0.2, -0.15) is 0 Å². The smallest absolute Gasteiger partial charge is 0.310 e. The average molecular weight is 210 g/mol. The molecular formula is C10H10O3S. The highest BCUT2D eigenvalue weighted by molar-refractivity contribution is 7.99. The Morgan fingerprint density at radius 2 is 2.43 bits per heavy atom. The Morgan fingerprint density at radius 1 is 1.64 bits per heavy atom. The van der Waals surface area contributed by atoms with Crippen LogP contribution in [0.25, 0.3) is 0 Å². The molecule has 0 saturated heterocycles. The first-order valence-corrected chi connectivity index (χ1v) is 5.29. The first kappa shape index (κ1) is 9.40.